The van der Waals surface area contributed by atoms with Gasteiger partial charge in [0, 0.05) is 34.7 Å². The molecular weight excluding hydrogens is 496 g/mol. The molecule has 0 N–H and O–H groups in total. The second-order valence-electron chi connectivity index (χ2n) is 8.12. The fraction of sp³-hybridized carbons (Fsp3) is 0.429. The lowest BCUT2D eigenvalue weighted by Gasteiger charge is -2.35. The van der Waals surface area contributed by atoms with Gasteiger partial charge in [-0.3, -0.25) is 4.79 Å². The Balaban J connectivity index is 2.54. The van der Waals surface area contributed by atoms with Gasteiger partial charge in [-0.25, -0.2) is 4.79 Å². The minimum atomic E-state index is -1.13. The molecule has 2 aromatic carbocycles. The van der Waals surface area contributed by atoms with E-state index in [-0.39, 0.29) is 18.8 Å². The van der Waals surface area contributed by atoms with E-state index < -0.39 is 23.8 Å². The van der Waals surface area contributed by atoms with Gasteiger partial charge in [0.15, 0.2) is 23.0 Å². The summed E-state index contributed by atoms with van der Waals surface area (Å²) in [5.74, 6) is -0.904. The molecule has 1 aliphatic carbocycles. The molecule has 0 bridgehead atoms. The fourth-order valence-electron chi connectivity index (χ4n) is 4.76. The van der Waals surface area contributed by atoms with E-state index in [0.717, 1.165) is 0 Å². The molecule has 0 saturated carbocycles. The number of rotatable bonds is 11. The number of hydrogen-bond acceptors (Lipinski definition) is 10. The molecule has 0 fully saturated rings. The quantitative estimate of drug-likeness (QED) is 0.396. The van der Waals surface area contributed by atoms with Crippen molar-refractivity contribution in [2.45, 2.75) is 19.8 Å². The molecule has 0 radical (unpaired) electrons. The second kappa shape index (κ2) is 12.4. The highest BCUT2D eigenvalue weighted by Crippen LogP contribution is 2.55. The largest absolute Gasteiger partial charge is 0.496 e. The maximum absolute atomic E-state index is 13.6. The molecule has 1 aliphatic rings. The van der Waals surface area contributed by atoms with Crippen LogP contribution in [0.2, 0.25) is 0 Å². The molecular formula is C28H34O10. The molecule has 0 unspecified atom stereocenters. The van der Waals surface area contributed by atoms with Crippen LogP contribution < -0.4 is 28.4 Å². The van der Waals surface area contributed by atoms with E-state index in [0.29, 0.717) is 51.2 Å². The number of hydrogen-bond donors (Lipinski definition) is 0. The lowest BCUT2D eigenvalue weighted by Crippen LogP contribution is -2.34. The van der Waals surface area contributed by atoms with E-state index in [1.807, 2.05) is 0 Å². The van der Waals surface area contributed by atoms with E-state index in [2.05, 4.69) is 0 Å². The summed E-state index contributed by atoms with van der Waals surface area (Å²) in [6.07, 6.45) is 1.58. The Morgan fingerprint density at radius 2 is 1.24 bits per heavy atom. The molecule has 0 aliphatic heterocycles. The number of fused-ring (bicyclic) bond motifs is 1. The summed E-state index contributed by atoms with van der Waals surface area (Å²) in [7, 11) is 9.01. The highest BCUT2D eigenvalue weighted by atomic mass is 16.5. The predicted molar refractivity (Wildman–Crippen MR) is 139 cm³/mol. The highest BCUT2D eigenvalue weighted by Gasteiger charge is 2.46. The van der Waals surface area contributed by atoms with Crippen molar-refractivity contribution in [2.24, 2.45) is 5.92 Å². The standard InChI is InChI=1S/C28H34O10/c1-9-37-27(29)17-11-15-19(32-4)14-22(35-7)26(36-8)24(15)23(25(17)28(30)38-10-2)16-12-20(33-5)21(34-6)13-18(16)31-3/h11-14,23,25H,9-10H2,1-8H3/t23-,25-/m0/s1. The van der Waals surface area contributed by atoms with E-state index in [1.165, 1.54) is 42.7 Å². The lowest BCUT2D eigenvalue weighted by atomic mass is 9.70. The average molecular weight is 531 g/mol. The molecule has 2 atom stereocenters. The third-order valence-corrected chi connectivity index (χ3v) is 6.33. The van der Waals surface area contributed by atoms with Crippen molar-refractivity contribution in [1.29, 1.82) is 0 Å². The van der Waals surface area contributed by atoms with Crippen molar-refractivity contribution in [3.63, 3.8) is 0 Å². The van der Waals surface area contributed by atoms with Crippen molar-refractivity contribution in [1.82, 2.24) is 0 Å². The van der Waals surface area contributed by atoms with Crippen LogP contribution in [-0.4, -0.2) is 67.8 Å². The van der Waals surface area contributed by atoms with Crippen LogP contribution in [0.1, 0.15) is 36.5 Å². The van der Waals surface area contributed by atoms with Gasteiger partial charge >= 0.3 is 11.9 Å². The molecule has 0 saturated heterocycles. The van der Waals surface area contributed by atoms with Gasteiger partial charge in [0.05, 0.1) is 61.4 Å². The van der Waals surface area contributed by atoms with Gasteiger partial charge in [0.2, 0.25) is 0 Å². The van der Waals surface area contributed by atoms with Crippen molar-refractivity contribution in [3.05, 3.63) is 40.5 Å². The first kappa shape index (κ1) is 28.5. The van der Waals surface area contributed by atoms with Crippen molar-refractivity contribution in [3.8, 4) is 34.5 Å². The Bertz CT molecular complexity index is 1220. The summed E-state index contributed by atoms with van der Waals surface area (Å²) in [5, 5.41) is 0. The average Bonchev–Trinajstić information content (AvgIpc) is 2.94. The molecule has 3 rings (SSSR count). The number of ether oxygens (including phenoxy) is 8. The number of benzene rings is 2. The minimum Gasteiger partial charge on any atom is -0.496 e. The van der Waals surface area contributed by atoms with Gasteiger partial charge in [-0.15, -0.1) is 0 Å². The van der Waals surface area contributed by atoms with Gasteiger partial charge in [0.25, 0.3) is 0 Å². The Morgan fingerprint density at radius 3 is 1.76 bits per heavy atom. The maximum atomic E-state index is 13.6. The normalized spacial score (nSPS) is 15.9. The monoisotopic (exact) mass is 530 g/mol. The fourth-order valence-corrected chi connectivity index (χ4v) is 4.76. The molecule has 10 nitrogen and oxygen atoms in total. The zero-order valence-electron chi connectivity index (χ0n) is 23.0. The topological polar surface area (TPSA) is 108 Å². The molecule has 2 aromatic rings. The van der Waals surface area contributed by atoms with E-state index >= 15 is 0 Å². The van der Waals surface area contributed by atoms with Gasteiger partial charge in [-0.1, -0.05) is 0 Å². The predicted octanol–water partition coefficient (Wildman–Crippen LogP) is 4.01. The number of esters is 2. The molecule has 38 heavy (non-hydrogen) atoms. The lowest BCUT2D eigenvalue weighted by molar-refractivity contribution is -0.150. The van der Waals surface area contributed by atoms with Gasteiger partial charge < -0.3 is 37.9 Å². The Labute approximate surface area is 222 Å². The Hall–Kier alpha value is -4.08. The van der Waals surface area contributed by atoms with Crippen LogP contribution in [0.5, 0.6) is 34.5 Å². The first-order valence-electron chi connectivity index (χ1n) is 12.0. The molecule has 10 heteroatoms. The summed E-state index contributed by atoms with van der Waals surface area (Å²) < 4.78 is 44.7. The second-order valence-corrected chi connectivity index (χ2v) is 8.12. The van der Waals surface area contributed by atoms with Gasteiger partial charge in [-0.05, 0) is 26.0 Å². The van der Waals surface area contributed by atoms with Crippen LogP contribution in [-0.2, 0) is 19.1 Å². The SMILES string of the molecule is CCOC(=O)C1=Cc2c(OC)cc(OC)c(OC)c2[C@H](c2cc(OC)c(OC)cc2OC)[C@H]1C(=O)OCC. The molecule has 0 spiro atoms. The third kappa shape index (κ3) is 5.03. The van der Waals surface area contributed by atoms with Crippen LogP contribution >= 0.6 is 0 Å². The van der Waals surface area contributed by atoms with E-state index in [9.17, 15) is 9.59 Å². The smallest absolute Gasteiger partial charge is 0.334 e. The van der Waals surface area contributed by atoms with E-state index in [4.69, 9.17) is 37.9 Å². The van der Waals surface area contributed by atoms with Crippen LogP contribution in [0.3, 0.4) is 0 Å². The number of carbonyl (C=O) groups excluding carboxylic acids is 2. The van der Waals surface area contributed by atoms with Crippen LogP contribution in [0.4, 0.5) is 0 Å². The van der Waals surface area contributed by atoms with Crippen LogP contribution in [0.25, 0.3) is 6.08 Å². The van der Waals surface area contributed by atoms with Gasteiger partial charge in [-0.2, -0.15) is 0 Å². The summed E-state index contributed by atoms with van der Waals surface area (Å²) in [6, 6.07) is 5.02. The number of methoxy groups -OCH3 is 6. The highest BCUT2D eigenvalue weighted by molar-refractivity contribution is 6.03. The summed E-state index contributed by atoms with van der Waals surface area (Å²) in [6.45, 7) is 3.61. The van der Waals surface area contributed by atoms with Crippen molar-refractivity contribution < 1.29 is 47.5 Å². The zero-order chi connectivity index (χ0) is 28.0. The zero-order valence-corrected chi connectivity index (χ0v) is 23.0. The Morgan fingerprint density at radius 1 is 0.684 bits per heavy atom. The van der Waals surface area contributed by atoms with Crippen molar-refractivity contribution >= 4 is 18.0 Å². The molecule has 0 aromatic heterocycles. The first-order valence-corrected chi connectivity index (χ1v) is 12.0. The summed E-state index contributed by atoms with van der Waals surface area (Å²) >= 11 is 0. The number of carbonyl (C=O) groups is 2. The third-order valence-electron chi connectivity index (χ3n) is 6.33. The Kier molecular flexibility index (Phi) is 9.33. The van der Waals surface area contributed by atoms with Crippen LogP contribution in [0.15, 0.2) is 23.8 Å². The molecule has 0 heterocycles. The molecule has 0 amide bonds. The first-order chi connectivity index (χ1) is 18.3. The summed E-state index contributed by atoms with van der Waals surface area (Å²) in [4.78, 5) is 26.9. The molecule has 206 valence electrons. The van der Waals surface area contributed by atoms with Crippen LogP contribution in [0, 0.1) is 5.92 Å². The maximum Gasteiger partial charge on any atom is 0.334 e. The summed E-state index contributed by atoms with van der Waals surface area (Å²) in [5.41, 5.74) is 1.69. The van der Waals surface area contributed by atoms with Gasteiger partial charge in [0.1, 0.15) is 17.4 Å². The minimum absolute atomic E-state index is 0.102. The van der Waals surface area contributed by atoms with Crippen molar-refractivity contribution in [2.75, 3.05) is 55.9 Å². The van der Waals surface area contributed by atoms with E-state index in [1.54, 1.807) is 38.1 Å².